The van der Waals surface area contributed by atoms with E-state index in [0.717, 1.165) is 64.2 Å². The van der Waals surface area contributed by atoms with Crippen molar-refractivity contribution < 1.29 is 48.0 Å². The Morgan fingerprint density at radius 1 is 0.730 bits per heavy atom. The molecule has 0 bridgehead atoms. The predicted molar refractivity (Wildman–Crippen MR) is 261 cm³/mol. The van der Waals surface area contributed by atoms with Gasteiger partial charge in [-0.15, -0.1) is 0 Å². The third-order valence-corrected chi connectivity index (χ3v) is 12.8. The van der Waals surface area contributed by atoms with Crippen molar-refractivity contribution in [3.05, 3.63) is 66.7 Å². The largest absolute Gasteiger partial charge is 0.411 e. The van der Waals surface area contributed by atoms with Crippen molar-refractivity contribution in [1.29, 1.82) is 0 Å². The van der Waals surface area contributed by atoms with Crippen molar-refractivity contribution in [2.24, 2.45) is 10.2 Å². The molecule has 3 aliphatic heterocycles. The van der Waals surface area contributed by atoms with E-state index in [1.54, 1.807) is 36.4 Å². The number of anilines is 2. The Balaban J connectivity index is 0.000000399. The van der Waals surface area contributed by atoms with E-state index in [9.17, 15) is 27.6 Å². The zero-order valence-corrected chi connectivity index (χ0v) is 42.2. The van der Waals surface area contributed by atoms with Gasteiger partial charge < -0.3 is 119 Å². The van der Waals surface area contributed by atoms with Gasteiger partial charge in [0, 0.05) is 92.2 Å². The van der Waals surface area contributed by atoms with E-state index in [0.29, 0.717) is 46.3 Å². The number of carbonyl (C=O) groups excluding carboxylic acids is 4. The van der Waals surface area contributed by atoms with Crippen molar-refractivity contribution in [2.75, 3.05) is 70.5 Å². The van der Waals surface area contributed by atoms with Crippen LogP contribution in [0.4, 0.5) is 22.7 Å². The second kappa shape index (κ2) is 24.7. The minimum absolute atomic E-state index is 0. The minimum Gasteiger partial charge on any atom is -0.411 e. The summed E-state index contributed by atoms with van der Waals surface area (Å²) >= 11 is 33.1. The minimum atomic E-state index is -3.84. The SMILES string of the molecule is CN(C=O)C(=S)[S-].CN(C=O)C(=S)[S-].CN(C=O)C(=S)[S-].O=C(Nc1ccc(S(=O)(=O)Nc2ccc(N=Nc3ccc4nc([S-])sc4c3)cc2)cc1)C(N1CC1)(N1CC1)N1CC1.[Pd]. The first kappa shape index (κ1) is 53.8. The van der Waals surface area contributed by atoms with Crippen LogP contribution in [0.1, 0.15) is 0 Å². The molecule has 0 radical (unpaired) electrons. The number of aromatic nitrogens is 1. The molecule has 27 heteroatoms. The van der Waals surface area contributed by atoms with E-state index in [-0.39, 0.29) is 44.2 Å². The number of nitrogens with zero attached hydrogens (tertiary/aromatic N) is 9. The molecular formula is C36H37N11O6PdS9-4. The van der Waals surface area contributed by atoms with Gasteiger partial charge >= 0.3 is 0 Å². The maximum atomic E-state index is 13.4. The van der Waals surface area contributed by atoms with Gasteiger partial charge in [-0.2, -0.15) is 10.2 Å². The number of hydrogen-bond acceptors (Lipinski definition) is 20. The molecule has 0 spiro atoms. The van der Waals surface area contributed by atoms with Crippen LogP contribution in [-0.2, 0) is 100 Å². The fraction of sp³-hybridized carbons (Fsp3) is 0.278. The number of thiazole rings is 1. The number of thiocarbonyl (C=S) groups is 3. The molecule has 7 rings (SSSR count). The van der Waals surface area contributed by atoms with E-state index in [4.69, 9.17) is 12.6 Å². The molecule has 340 valence electrons. The van der Waals surface area contributed by atoms with Gasteiger partial charge in [0.05, 0.1) is 21.8 Å². The topological polar surface area (TPSA) is 183 Å². The summed E-state index contributed by atoms with van der Waals surface area (Å²) in [4.78, 5) is 56.9. The first-order chi connectivity index (χ1) is 29.3. The van der Waals surface area contributed by atoms with E-state index in [2.05, 4.69) is 114 Å². The van der Waals surface area contributed by atoms with Gasteiger partial charge in [0.1, 0.15) is 0 Å². The zero-order valence-electron chi connectivity index (χ0n) is 33.3. The number of rotatable bonds is 13. The van der Waals surface area contributed by atoms with Crippen molar-refractivity contribution in [3.8, 4) is 0 Å². The molecule has 0 unspecified atom stereocenters. The summed E-state index contributed by atoms with van der Waals surface area (Å²) in [6.45, 7) is 5.38. The van der Waals surface area contributed by atoms with Gasteiger partial charge in [-0.1, -0.05) is 13.0 Å². The summed E-state index contributed by atoms with van der Waals surface area (Å²) in [6.07, 6.45) is 1.74. The van der Waals surface area contributed by atoms with E-state index in [1.807, 2.05) is 18.2 Å². The van der Waals surface area contributed by atoms with Crippen LogP contribution in [0, 0.1) is 0 Å². The van der Waals surface area contributed by atoms with Gasteiger partial charge in [0.2, 0.25) is 25.0 Å². The van der Waals surface area contributed by atoms with Crippen molar-refractivity contribution in [1.82, 2.24) is 34.4 Å². The molecule has 4 amide bonds. The Morgan fingerprint density at radius 2 is 1.14 bits per heavy atom. The molecule has 0 saturated carbocycles. The van der Waals surface area contributed by atoms with Gasteiger partial charge in [-0.3, -0.25) is 43.6 Å². The third kappa shape index (κ3) is 15.8. The van der Waals surface area contributed by atoms with Crippen LogP contribution in [0.3, 0.4) is 0 Å². The number of azo groups is 1. The molecule has 0 aliphatic carbocycles. The molecule has 2 N–H and O–H groups in total. The number of sulfonamides is 1. The monoisotopic (exact) mass is 1110 g/mol. The molecule has 17 nitrogen and oxygen atoms in total. The molecule has 3 saturated heterocycles. The maximum absolute atomic E-state index is 13.4. The number of amides is 4. The average Bonchev–Trinajstić information content (AvgIpc) is 4.10. The van der Waals surface area contributed by atoms with Crippen LogP contribution in [0.15, 0.2) is 86.2 Å². The van der Waals surface area contributed by atoms with Gasteiger partial charge in [-0.25, -0.2) is 8.42 Å². The summed E-state index contributed by atoms with van der Waals surface area (Å²) in [5.74, 6) is -0.812. The summed E-state index contributed by atoms with van der Waals surface area (Å²) in [7, 11) is 0.710. The molecule has 1 aromatic heterocycles. The van der Waals surface area contributed by atoms with Crippen LogP contribution in [-0.4, -0.2) is 147 Å². The number of benzene rings is 3. The maximum Gasteiger partial charge on any atom is 0.275 e. The van der Waals surface area contributed by atoms with Gasteiger partial charge in [-0.05, 0) is 75.8 Å². The Kier molecular flexibility index (Phi) is 21.1. The van der Waals surface area contributed by atoms with E-state index in [1.165, 1.54) is 44.6 Å². The number of carbonyl (C=O) groups is 4. The molecule has 63 heavy (non-hydrogen) atoms. The fourth-order valence-corrected chi connectivity index (χ4v) is 7.47. The standard InChI is InChI=1S/C27H26N8O3S3.3C3H5NOS2.Pd/c36-25(27(33-11-12-33,34-13-14-34)35-15-16-35)28-18-5-8-22(9-6-18)41(37,38)32-20-3-1-19(2-4-20)30-31-21-7-10-23-24(17-21)40-26(39)29-23;3*1-4(2-5)3(6)7;/h1-10,17,32H,11-16H2,(H,28,36)(H,29,39);3*2H,1H3,(H,6,7);/p-4. The molecule has 4 heterocycles. The number of hydrogen-bond donors (Lipinski definition) is 2. The zero-order chi connectivity index (χ0) is 45.8. The molecule has 3 aliphatic rings. The van der Waals surface area contributed by atoms with Crippen molar-refractivity contribution in [3.63, 3.8) is 0 Å². The smallest absolute Gasteiger partial charge is 0.275 e. The van der Waals surface area contributed by atoms with Crippen LogP contribution < -0.4 is 10.0 Å². The quantitative estimate of drug-likeness (QED) is 0.0494. The average molecular weight is 1110 g/mol. The Hall–Kier alpha value is -3.53. The molecule has 3 aromatic carbocycles. The summed E-state index contributed by atoms with van der Waals surface area (Å²) < 4.78 is 30.7. The fourth-order valence-electron chi connectivity index (χ4n) is 5.06. The van der Waals surface area contributed by atoms with Crippen molar-refractivity contribution in [2.45, 2.75) is 15.0 Å². The van der Waals surface area contributed by atoms with Crippen LogP contribution in [0.5, 0.6) is 0 Å². The van der Waals surface area contributed by atoms with Gasteiger partial charge in [0.25, 0.3) is 15.9 Å². The number of nitrogens with one attached hydrogen (secondary N) is 2. The first-order valence-corrected chi connectivity index (χ1v) is 23.0. The first-order valence-electron chi connectivity index (χ1n) is 17.8. The Bertz CT molecular complexity index is 2330. The summed E-state index contributed by atoms with van der Waals surface area (Å²) in [5, 5.41) is 11.5. The normalized spacial score (nSPS) is 14.0. The van der Waals surface area contributed by atoms with Crippen molar-refractivity contribution >= 4 is 180 Å². The molecule has 3 fully saturated rings. The third-order valence-electron chi connectivity index (χ3n) is 8.48. The second-order valence-corrected chi connectivity index (χ2v) is 19.5. The Labute approximate surface area is 420 Å². The van der Waals surface area contributed by atoms with Crippen LogP contribution in [0.2, 0.25) is 0 Å². The summed E-state index contributed by atoms with van der Waals surface area (Å²) in [6, 6.07) is 18.4. The van der Waals surface area contributed by atoms with E-state index < -0.39 is 15.8 Å². The summed E-state index contributed by atoms with van der Waals surface area (Å²) in [5.41, 5.74) is 3.03. The predicted octanol–water partition coefficient (Wildman–Crippen LogP) is 3.67. The molecule has 0 atom stereocenters. The second-order valence-electron chi connectivity index (χ2n) is 13.0. The van der Waals surface area contributed by atoms with Gasteiger partial charge in [0.15, 0.2) is 0 Å². The van der Waals surface area contributed by atoms with E-state index >= 15 is 0 Å². The molecular weight excluding hydrogens is 1080 g/mol. The number of fused-ring (bicyclic) bond motifs is 1. The Morgan fingerprint density at radius 3 is 1.54 bits per heavy atom. The van der Waals surface area contributed by atoms with Crippen LogP contribution in [0.25, 0.3) is 10.2 Å². The molecule has 4 aromatic rings. The van der Waals surface area contributed by atoms with Crippen LogP contribution >= 0.6 is 48.0 Å².